The van der Waals surface area contributed by atoms with Crippen molar-refractivity contribution >= 4 is 12.2 Å². The van der Waals surface area contributed by atoms with Gasteiger partial charge in [0.05, 0.1) is 12.1 Å². The molecule has 1 amide bonds. The summed E-state index contributed by atoms with van der Waals surface area (Å²) < 4.78 is 5.43. The maximum absolute atomic E-state index is 12.2. The first-order chi connectivity index (χ1) is 8.88. The highest BCUT2D eigenvalue weighted by Crippen LogP contribution is 2.22. The van der Waals surface area contributed by atoms with Crippen molar-refractivity contribution < 1.29 is 14.3 Å². The second kappa shape index (κ2) is 9.08. The van der Waals surface area contributed by atoms with Crippen LogP contribution >= 0.6 is 0 Å². The van der Waals surface area contributed by atoms with E-state index in [-0.39, 0.29) is 18.1 Å². The van der Waals surface area contributed by atoms with E-state index < -0.39 is 0 Å². The molecule has 0 bridgehead atoms. The van der Waals surface area contributed by atoms with Crippen LogP contribution in [-0.2, 0) is 14.3 Å². The predicted molar refractivity (Wildman–Crippen MR) is 76.9 cm³/mol. The molecule has 0 aliphatic heterocycles. The average Bonchev–Trinajstić information content (AvgIpc) is 2.36. The molecule has 0 heterocycles. The van der Waals surface area contributed by atoms with Crippen LogP contribution in [0.1, 0.15) is 47.0 Å². The van der Waals surface area contributed by atoms with Gasteiger partial charge in [0.25, 0.3) is 0 Å². The molecule has 0 aromatic rings. The number of rotatable bonds is 9. The molecule has 0 aliphatic carbocycles. The van der Waals surface area contributed by atoms with E-state index in [9.17, 15) is 9.59 Å². The highest BCUT2D eigenvalue weighted by molar-refractivity contribution is 5.76. The summed E-state index contributed by atoms with van der Waals surface area (Å²) in [6.45, 7) is 8.25. The third-order valence-corrected chi connectivity index (χ3v) is 3.66. The molecule has 19 heavy (non-hydrogen) atoms. The summed E-state index contributed by atoms with van der Waals surface area (Å²) in [5, 5.41) is 0. The van der Waals surface area contributed by atoms with Crippen LogP contribution in [0.25, 0.3) is 0 Å². The number of nitrogens with zero attached hydrogens (tertiary/aromatic N) is 1. The van der Waals surface area contributed by atoms with E-state index in [1.807, 2.05) is 20.9 Å². The predicted octanol–water partition coefficient (Wildman–Crippen LogP) is 2.51. The van der Waals surface area contributed by atoms with Crippen molar-refractivity contribution in [2.24, 2.45) is 11.8 Å². The molecule has 0 rings (SSSR count). The van der Waals surface area contributed by atoms with E-state index in [1.54, 1.807) is 12.0 Å². The van der Waals surface area contributed by atoms with Crippen molar-refractivity contribution in [3.05, 3.63) is 0 Å². The number of hydrogen-bond acceptors (Lipinski definition) is 3. The first kappa shape index (κ1) is 18.1. The minimum absolute atomic E-state index is 0.0496. The molecule has 0 spiro atoms. The average molecular weight is 271 g/mol. The molecule has 4 heteroatoms. The summed E-state index contributed by atoms with van der Waals surface area (Å²) in [5.74, 6) is 0.749. The Hall–Kier alpha value is -0.900. The second-order valence-electron chi connectivity index (χ2n) is 5.66. The lowest BCUT2D eigenvalue weighted by molar-refractivity contribution is -0.138. The molecule has 0 N–H and O–H groups in total. The molecule has 0 saturated carbocycles. The Bertz CT molecular complexity index is 279. The van der Waals surface area contributed by atoms with E-state index in [1.165, 1.54) is 0 Å². The topological polar surface area (TPSA) is 46.6 Å². The van der Waals surface area contributed by atoms with Gasteiger partial charge in [-0.3, -0.25) is 4.79 Å². The molecule has 0 unspecified atom stereocenters. The van der Waals surface area contributed by atoms with Crippen molar-refractivity contribution in [1.82, 2.24) is 4.90 Å². The minimum Gasteiger partial charge on any atom is -0.379 e. The van der Waals surface area contributed by atoms with Gasteiger partial charge in [-0.05, 0) is 11.8 Å². The fourth-order valence-corrected chi connectivity index (χ4v) is 2.37. The molecule has 0 aromatic carbocycles. The normalized spacial score (nSPS) is 15.9. The first-order valence-corrected chi connectivity index (χ1v) is 7.11. The zero-order valence-corrected chi connectivity index (χ0v) is 13.2. The van der Waals surface area contributed by atoms with Crippen LogP contribution in [0.2, 0.25) is 0 Å². The maximum atomic E-state index is 12.2. The Morgan fingerprint density at radius 2 is 1.89 bits per heavy atom. The molecule has 0 saturated heterocycles. The second-order valence-corrected chi connectivity index (χ2v) is 5.66. The van der Waals surface area contributed by atoms with Gasteiger partial charge in [-0.2, -0.15) is 0 Å². The molecule has 112 valence electrons. The van der Waals surface area contributed by atoms with Crippen LogP contribution in [0.4, 0.5) is 0 Å². The molecule has 3 atom stereocenters. The van der Waals surface area contributed by atoms with Crippen LogP contribution in [0.15, 0.2) is 0 Å². The lowest BCUT2D eigenvalue weighted by atomic mass is 9.91. The molecule has 0 radical (unpaired) electrons. The Labute approximate surface area is 117 Å². The third kappa shape index (κ3) is 5.72. The number of ether oxygens (including phenoxy) is 1. The fraction of sp³-hybridized carbons (Fsp3) is 0.867. The van der Waals surface area contributed by atoms with Gasteiger partial charge in [-0.15, -0.1) is 0 Å². The zero-order chi connectivity index (χ0) is 15.0. The number of carbonyl (C=O) groups is 2. The van der Waals surface area contributed by atoms with Crippen molar-refractivity contribution in [1.29, 1.82) is 0 Å². The summed E-state index contributed by atoms with van der Waals surface area (Å²) in [4.78, 5) is 24.8. The van der Waals surface area contributed by atoms with Crippen molar-refractivity contribution in [2.75, 3.05) is 14.2 Å². The van der Waals surface area contributed by atoms with Gasteiger partial charge in [-0.25, -0.2) is 0 Å². The van der Waals surface area contributed by atoms with Gasteiger partial charge in [0, 0.05) is 27.0 Å². The van der Waals surface area contributed by atoms with E-state index >= 15 is 0 Å². The molecule has 4 nitrogen and oxygen atoms in total. The van der Waals surface area contributed by atoms with Gasteiger partial charge in [-0.1, -0.05) is 34.1 Å². The maximum Gasteiger partial charge on any atom is 0.222 e. The summed E-state index contributed by atoms with van der Waals surface area (Å²) in [6.07, 6.45) is 2.44. The van der Waals surface area contributed by atoms with E-state index in [0.29, 0.717) is 24.7 Å². The van der Waals surface area contributed by atoms with Crippen molar-refractivity contribution in [2.45, 2.75) is 59.1 Å². The smallest absolute Gasteiger partial charge is 0.222 e. The third-order valence-electron chi connectivity index (χ3n) is 3.66. The van der Waals surface area contributed by atoms with E-state index in [4.69, 9.17) is 4.74 Å². The monoisotopic (exact) mass is 271 g/mol. The lowest BCUT2D eigenvalue weighted by Gasteiger charge is -2.37. The Morgan fingerprint density at radius 1 is 1.32 bits per heavy atom. The number of aldehydes is 1. The highest BCUT2D eigenvalue weighted by Gasteiger charge is 2.32. The van der Waals surface area contributed by atoms with Crippen LogP contribution in [-0.4, -0.2) is 43.4 Å². The fourth-order valence-electron chi connectivity index (χ4n) is 2.37. The van der Waals surface area contributed by atoms with Gasteiger partial charge >= 0.3 is 0 Å². The van der Waals surface area contributed by atoms with Crippen LogP contribution < -0.4 is 0 Å². The zero-order valence-electron chi connectivity index (χ0n) is 13.2. The van der Waals surface area contributed by atoms with Crippen molar-refractivity contribution in [3.8, 4) is 0 Å². The summed E-state index contributed by atoms with van der Waals surface area (Å²) >= 11 is 0. The number of carbonyl (C=O) groups excluding carboxylic acids is 2. The largest absolute Gasteiger partial charge is 0.379 e. The molecular formula is C15H29NO3. The molecule has 0 aromatic heterocycles. The van der Waals surface area contributed by atoms with E-state index in [0.717, 1.165) is 12.7 Å². The van der Waals surface area contributed by atoms with Crippen LogP contribution in [0, 0.1) is 11.8 Å². The Morgan fingerprint density at radius 3 is 2.26 bits per heavy atom. The number of methoxy groups -OCH3 is 1. The minimum atomic E-state index is -0.228. The number of hydrogen-bond donors (Lipinski definition) is 0. The van der Waals surface area contributed by atoms with E-state index in [2.05, 4.69) is 13.8 Å². The van der Waals surface area contributed by atoms with Crippen molar-refractivity contribution in [3.63, 3.8) is 0 Å². The summed E-state index contributed by atoms with van der Waals surface area (Å²) in [6, 6.07) is -0.0496. The molecule has 0 fully saturated rings. The summed E-state index contributed by atoms with van der Waals surface area (Å²) in [5.41, 5.74) is 0. The van der Waals surface area contributed by atoms with Gasteiger partial charge < -0.3 is 14.4 Å². The van der Waals surface area contributed by atoms with Crippen LogP contribution in [0.3, 0.4) is 0 Å². The number of likely N-dealkylation sites (N-methyl/N-ethyl adjacent to an activating group) is 1. The highest BCUT2D eigenvalue weighted by atomic mass is 16.5. The molecular weight excluding hydrogens is 242 g/mol. The first-order valence-electron chi connectivity index (χ1n) is 7.11. The SMILES string of the molecule is CC[C@H](C)[C@@H]([C@@H](CC=O)OC)N(C)C(=O)CC(C)C. The van der Waals surface area contributed by atoms with Gasteiger partial charge in [0.15, 0.2) is 0 Å². The standard InChI is InChI=1S/C15H29NO3/c1-7-12(4)15(13(19-6)8-9-17)16(5)14(18)10-11(2)3/h9,11-13,15H,7-8,10H2,1-6H3/t12-,13+,15-/m0/s1. The van der Waals surface area contributed by atoms with Crippen LogP contribution in [0.5, 0.6) is 0 Å². The lowest BCUT2D eigenvalue weighted by Crippen LogP contribution is -2.49. The van der Waals surface area contributed by atoms with Gasteiger partial charge in [0.1, 0.15) is 6.29 Å². The molecule has 0 aliphatic rings. The van der Waals surface area contributed by atoms with Gasteiger partial charge in [0.2, 0.25) is 5.91 Å². The Balaban J connectivity index is 5.00. The Kier molecular flexibility index (Phi) is 8.65. The quantitative estimate of drug-likeness (QED) is 0.605. The summed E-state index contributed by atoms with van der Waals surface area (Å²) in [7, 11) is 3.42. The number of amides is 1.